The van der Waals surface area contributed by atoms with Crippen molar-refractivity contribution >= 4 is 102 Å². The van der Waals surface area contributed by atoms with Crippen molar-refractivity contribution in [1.29, 1.82) is 0 Å². The molecule has 0 aliphatic heterocycles. The van der Waals surface area contributed by atoms with Gasteiger partial charge in [-0.15, -0.1) is 0 Å². The van der Waals surface area contributed by atoms with Gasteiger partial charge >= 0.3 is 0 Å². The summed E-state index contributed by atoms with van der Waals surface area (Å²) in [4.78, 5) is 13.8. The number of nitrogens with zero attached hydrogens (tertiary/aromatic N) is 6. The second-order valence-electron chi connectivity index (χ2n) is 29.6. The van der Waals surface area contributed by atoms with Gasteiger partial charge in [0.2, 0.25) is 0 Å². The lowest BCUT2D eigenvalue weighted by Gasteiger charge is -2.35. The van der Waals surface area contributed by atoms with Crippen LogP contribution in [0.15, 0.2) is 534 Å². The van der Waals surface area contributed by atoms with Crippen LogP contribution in [0.1, 0.15) is 22.3 Å². The van der Waals surface area contributed by atoms with E-state index < -0.39 is 5.41 Å². The Morgan fingerprint density at radius 2 is 0.231 bits per heavy atom. The first-order valence-corrected chi connectivity index (χ1v) is 41.2. The zero-order chi connectivity index (χ0) is 81.2. The van der Waals surface area contributed by atoms with Crippen LogP contribution in [-0.2, 0) is 5.41 Å². The average molecular weight is 1550 g/mol. The molecule has 0 amide bonds. The van der Waals surface area contributed by atoms with E-state index in [-0.39, 0.29) is 0 Å². The first-order valence-electron chi connectivity index (χ1n) is 41.2. The van der Waals surface area contributed by atoms with Gasteiger partial charge in [0.1, 0.15) is 0 Å². The summed E-state index contributed by atoms with van der Waals surface area (Å²) in [5, 5.41) is 0. The monoisotopic (exact) mass is 1550 g/mol. The van der Waals surface area contributed by atoms with E-state index >= 15 is 0 Å². The molecule has 0 spiro atoms. The predicted octanol–water partition coefficient (Wildman–Crippen LogP) is 31.9. The summed E-state index contributed by atoms with van der Waals surface area (Å²) >= 11 is 0. The third kappa shape index (κ3) is 16.5. The Hall–Kier alpha value is -16.0. The zero-order valence-electron chi connectivity index (χ0n) is 67.0. The quantitative estimate of drug-likeness (QED) is 0.0709. The molecule has 20 rings (SSSR count). The number of para-hydroxylation sites is 12. The van der Waals surface area contributed by atoms with Crippen LogP contribution in [0.3, 0.4) is 0 Å². The lowest BCUT2D eigenvalue weighted by Crippen LogP contribution is -2.28. The smallest absolute Gasteiger partial charge is 0.0713 e. The van der Waals surface area contributed by atoms with E-state index in [2.05, 4.69) is 539 Å². The number of hydrogen-bond acceptors (Lipinski definition) is 6. The Morgan fingerprint density at radius 3 is 0.397 bits per heavy atom. The molecular weight excluding hydrogens is 1470 g/mol. The Morgan fingerprint density at radius 1 is 0.107 bits per heavy atom. The van der Waals surface area contributed by atoms with E-state index in [1.54, 1.807) is 0 Å². The highest BCUT2D eigenvalue weighted by Crippen LogP contribution is 2.57. The molecule has 0 radical (unpaired) electrons. The topological polar surface area (TPSA) is 19.4 Å². The Kier molecular flexibility index (Phi) is 23.0. The van der Waals surface area contributed by atoms with Crippen LogP contribution in [-0.4, -0.2) is 0 Å². The van der Waals surface area contributed by atoms with E-state index in [4.69, 9.17) is 0 Å². The van der Waals surface area contributed by atoms with Crippen molar-refractivity contribution in [1.82, 2.24) is 0 Å². The molecule has 19 aromatic carbocycles. The van der Waals surface area contributed by atoms with E-state index in [9.17, 15) is 0 Å². The molecule has 0 unspecified atom stereocenters. The second kappa shape index (κ2) is 36.4. The molecule has 121 heavy (non-hydrogen) atoms. The van der Waals surface area contributed by atoms with Gasteiger partial charge in [0.15, 0.2) is 0 Å². The van der Waals surface area contributed by atoms with Crippen LogP contribution in [0.25, 0.3) is 22.3 Å². The molecule has 578 valence electrons. The minimum Gasteiger partial charge on any atom is -0.311 e. The predicted molar refractivity (Wildman–Crippen MR) is 510 cm³/mol. The molecule has 0 saturated heterocycles. The van der Waals surface area contributed by atoms with Crippen LogP contribution >= 0.6 is 0 Å². The molecule has 1 aliphatic carbocycles. The van der Waals surface area contributed by atoms with Gasteiger partial charge in [0.05, 0.1) is 5.41 Å². The summed E-state index contributed by atoms with van der Waals surface area (Å²) in [6, 6.07) is 189. The minimum atomic E-state index is -0.501. The largest absolute Gasteiger partial charge is 0.311 e. The molecule has 0 saturated carbocycles. The number of rotatable bonds is 21. The van der Waals surface area contributed by atoms with Crippen LogP contribution in [0.4, 0.5) is 102 Å². The highest BCUT2D eigenvalue weighted by Gasteiger charge is 2.46. The summed E-state index contributed by atoms with van der Waals surface area (Å²) in [5.41, 5.74) is 29.8. The number of fused-ring (bicyclic) bond motifs is 3. The van der Waals surface area contributed by atoms with Gasteiger partial charge < -0.3 is 29.4 Å². The SMILES string of the molecule is c1ccc(N(c2ccccc2)c2ccc(-c3ccc(N(c4ccccc4)c4ccccc4)cc3)cc2)cc1.c1ccc(N(c2ccccc2)c2ccc(C3(c4ccc(N(c5ccccc5)c5ccccc5)cc4)c4ccccc4-c4ccccc43)cc2)cc1.c1ccc(N(c2ccccc2)c2ccc(N(c3ccccc3)c3ccccc3)cc2)cc1. The molecule has 0 aromatic heterocycles. The minimum absolute atomic E-state index is 0.501. The summed E-state index contributed by atoms with van der Waals surface area (Å²) in [6.07, 6.45) is 0. The van der Waals surface area contributed by atoms with Crippen LogP contribution in [0.2, 0.25) is 0 Å². The Balaban J connectivity index is 0.000000128. The van der Waals surface area contributed by atoms with Crippen molar-refractivity contribution < 1.29 is 0 Å². The van der Waals surface area contributed by atoms with Crippen molar-refractivity contribution in [2.24, 2.45) is 0 Å². The summed E-state index contributed by atoms with van der Waals surface area (Å²) < 4.78 is 0. The average Bonchev–Trinajstić information content (AvgIpc) is 1.55. The Bertz CT molecular complexity index is 5790. The summed E-state index contributed by atoms with van der Waals surface area (Å²) in [6.45, 7) is 0. The molecule has 0 bridgehead atoms. The molecule has 1 aliphatic rings. The maximum Gasteiger partial charge on any atom is 0.0713 e. The van der Waals surface area contributed by atoms with E-state index in [0.717, 1.165) is 102 Å². The molecule has 0 heterocycles. The Labute approximate surface area is 710 Å². The number of anilines is 18. The second-order valence-corrected chi connectivity index (χ2v) is 29.6. The highest BCUT2D eigenvalue weighted by atomic mass is 15.2. The molecule has 0 fully saturated rings. The molecule has 0 atom stereocenters. The van der Waals surface area contributed by atoms with Gasteiger partial charge in [-0.25, -0.2) is 0 Å². The fourth-order valence-corrected chi connectivity index (χ4v) is 16.7. The van der Waals surface area contributed by atoms with Gasteiger partial charge in [-0.3, -0.25) is 0 Å². The molecular formula is C115H88N6. The fourth-order valence-electron chi connectivity index (χ4n) is 16.7. The summed E-state index contributed by atoms with van der Waals surface area (Å²) in [7, 11) is 0. The molecule has 19 aromatic rings. The van der Waals surface area contributed by atoms with E-state index in [1.165, 1.54) is 44.5 Å². The molecule has 0 N–H and O–H groups in total. The van der Waals surface area contributed by atoms with Crippen molar-refractivity contribution in [2.75, 3.05) is 29.4 Å². The van der Waals surface area contributed by atoms with Gasteiger partial charge in [-0.2, -0.15) is 0 Å². The van der Waals surface area contributed by atoms with Crippen molar-refractivity contribution in [2.45, 2.75) is 5.41 Å². The van der Waals surface area contributed by atoms with Gasteiger partial charge in [-0.05, 0) is 263 Å². The van der Waals surface area contributed by atoms with Crippen molar-refractivity contribution in [3.63, 3.8) is 0 Å². The van der Waals surface area contributed by atoms with Crippen LogP contribution < -0.4 is 29.4 Å². The van der Waals surface area contributed by atoms with Gasteiger partial charge in [-0.1, -0.05) is 315 Å². The first kappa shape index (κ1) is 76.3. The van der Waals surface area contributed by atoms with Crippen molar-refractivity contribution in [3.05, 3.63) is 556 Å². The molecule has 6 nitrogen and oxygen atoms in total. The third-order valence-electron chi connectivity index (χ3n) is 22.2. The van der Waals surface area contributed by atoms with Gasteiger partial charge in [0, 0.05) is 102 Å². The maximum atomic E-state index is 2.33. The van der Waals surface area contributed by atoms with Crippen LogP contribution in [0.5, 0.6) is 0 Å². The van der Waals surface area contributed by atoms with E-state index in [1.807, 2.05) is 24.3 Å². The third-order valence-corrected chi connectivity index (χ3v) is 22.2. The van der Waals surface area contributed by atoms with Crippen LogP contribution in [0, 0.1) is 0 Å². The normalized spacial score (nSPS) is 11.4. The standard InChI is InChI=1S/C49H36N2.C36H28N2.C30H24N2/c1-5-17-39(18-6-1)50(40-19-7-2-8-20-40)43-33-29-37(30-34-43)49(47-27-15-13-25-45(47)46-26-14-16-28-48(46)49)38-31-35-44(36-32-38)51(41-21-9-3-10-22-41)42-23-11-4-12-24-42;1-5-13-31(14-6-1)37(32-15-7-2-8-16-32)35-25-21-29(22-26-35)30-23-27-36(28-24-30)38(33-17-9-3-10-18-33)34-19-11-4-12-20-34;1-5-13-25(14-6-1)31(26-15-7-2-8-16-26)29-21-23-30(24-22-29)32(27-17-9-3-10-18-27)28-19-11-4-12-20-28/h1-36H;1-28H;1-24H. The lowest BCUT2D eigenvalue weighted by atomic mass is 9.67. The number of benzene rings is 19. The number of hydrogen-bond donors (Lipinski definition) is 0. The van der Waals surface area contributed by atoms with Crippen molar-refractivity contribution in [3.8, 4) is 22.3 Å². The maximum absolute atomic E-state index is 2.33. The fraction of sp³-hybridized carbons (Fsp3) is 0.00870. The molecule has 6 heteroatoms. The summed E-state index contributed by atoms with van der Waals surface area (Å²) in [5.74, 6) is 0. The van der Waals surface area contributed by atoms with Gasteiger partial charge in [0.25, 0.3) is 0 Å². The first-order chi connectivity index (χ1) is 60.1. The van der Waals surface area contributed by atoms with E-state index in [0.29, 0.717) is 0 Å². The lowest BCUT2D eigenvalue weighted by molar-refractivity contribution is 0.768. The zero-order valence-corrected chi connectivity index (χ0v) is 67.0. The highest BCUT2D eigenvalue weighted by molar-refractivity contribution is 5.89.